The first-order valence-electron chi connectivity index (χ1n) is 9.84. The van der Waals surface area contributed by atoms with E-state index >= 15 is 0 Å². The quantitative estimate of drug-likeness (QED) is 0.696. The third kappa shape index (κ3) is 3.59. The van der Waals surface area contributed by atoms with Gasteiger partial charge in [-0.1, -0.05) is 19.9 Å². The van der Waals surface area contributed by atoms with E-state index in [-0.39, 0.29) is 11.8 Å². The Kier molecular flexibility index (Phi) is 5.25. The van der Waals surface area contributed by atoms with Gasteiger partial charge in [0.2, 0.25) is 0 Å². The van der Waals surface area contributed by atoms with Gasteiger partial charge in [0.05, 0.1) is 24.5 Å². The molecule has 0 unspecified atom stereocenters. The molecular weight excluding hydrogens is 366 g/mol. The topological polar surface area (TPSA) is 70.9 Å². The van der Waals surface area contributed by atoms with Crippen LogP contribution >= 0.6 is 0 Å². The Labute approximate surface area is 170 Å². The number of ether oxygens (including phenoxy) is 1. The average molecular weight is 393 g/mol. The van der Waals surface area contributed by atoms with Crippen LogP contribution in [-0.2, 0) is 17.9 Å². The fourth-order valence-corrected chi connectivity index (χ4v) is 3.76. The fraction of sp³-hybridized carbons (Fsp3) is 0.364. The third-order valence-electron chi connectivity index (χ3n) is 5.31. The van der Waals surface area contributed by atoms with Crippen LogP contribution in [0.4, 0.5) is 11.4 Å². The minimum Gasteiger partial charge on any atom is -0.378 e. The molecule has 4 rings (SSSR count). The average Bonchev–Trinajstić information content (AvgIpc) is 3.13. The number of rotatable bonds is 5. The Bertz CT molecular complexity index is 1060. The lowest BCUT2D eigenvalue weighted by atomic mass is 10.1. The summed E-state index contributed by atoms with van der Waals surface area (Å²) in [6.45, 7) is 6.16. The first-order chi connectivity index (χ1) is 14.0. The number of amides is 1. The zero-order chi connectivity index (χ0) is 20.5. The monoisotopic (exact) mass is 393 g/mol. The van der Waals surface area contributed by atoms with Gasteiger partial charge in [-0.2, -0.15) is 0 Å². The molecule has 0 atom stereocenters. The number of hydrogen-bond donors (Lipinski definition) is 2. The van der Waals surface area contributed by atoms with Gasteiger partial charge in [-0.25, -0.2) is 4.98 Å². The lowest BCUT2D eigenvalue weighted by molar-refractivity contribution is 0.102. The van der Waals surface area contributed by atoms with E-state index in [0.29, 0.717) is 17.8 Å². The Hall–Kier alpha value is -2.90. The van der Waals surface area contributed by atoms with Crippen molar-refractivity contribution in [2.75, 3.05) is 31.0 Å². The number of anilines is 2. The number of hydrogen-bond acceptors (Lipinski definition) is 5. The Morgan fingerprint density at radius 3 is 2.93 bits per heavy atom. The summed E-state index contributed by atoms with van der Waals surface area (Å²) in [5.41, 5.74) is 6.17. The number of methoxy groups -OCH3 is 1. The van der Waals surface area contributed by atoms with E-state index in [1.165, 1.54) is 0 Å². The van der Waals surface area contributed by atoms with Crippen LogP contribution in [0.3, 0.4) is 0 Å². The first-order valence-corrected chi connectivity index (χ1v) is 9.84. The van der Waals surface area contributed by atoms with Gasteiger partial charge in [0, 0.05) is 49.5 Å². The molecule has 0 radical (unpaired) electrons. The van der Waals surface area contributed by atoms with E-state index < -0.39 is 0 Å². The summed E-state index contributed by atoms with van der Waals surface area (Å²) >= 11 is 0. The van der Waals surface area contributed by atoms with Crippen molar-refractivity contribution in [3.05, 3.63) is 59.0 Å². The molecule has 0 spiro atoms. The molecule has 152 valence electrons. The van der Waals surface area contributed by atoms with Crippen LogP contribution in [0.15, 0.2) is 36.5 Å². The molecule has 0 saturated heterocycles. The molecule has 3 aromatic rings. The van der Waals surface area contributed by atoms with Crippen LogP contribution in [-0.4, -0.2) is 36.1 Å². The Morgan fingerprint density at radius 2 is 2.17 bits per heavy atom. The lowest BCUT2D eigenvalue weighted by Gasteiger charge is -2.29. The minimum absolute atomic E-state index is 0.161. The molecular formula is C22H27N5O2. The highest BCUT2D eigenvalue weighted by Gasteiger charge is 2.20. The van der Waals surface area contributed by atoms with Gasteiger partial charge in [-0.15, -0.1) is 0 Å². The number of nitrogens with zero attached hydrogens (tertiary/aromatic N) is 3. The summed E-state index contributed by atoms with van der Waals surface area (Å²) in [7, 11) is 3.70. The van der Waals surface area contributed by atoms with Gasteiger partial charge in [0.15, 0.2) is 0 Å². The van der Waals surface area contributed by atoms with Gasteiger partial charge < -0.3 is 19.4 Å². The standard InChI is InChI=1S/C22H27N5O2/c1-14(2)19-10-15(12-29-4)27-9-8-16(21(27)24-19)22(28)25-18-6-5-7-20-17(18)11-23-13-26(20)3/h5-10,14,23H,11-13H2,1-4H3,(H,25,28). The SMILES string of the molecule is COCc1cc(C(C)C)nc2c(C(=O)Nc3cccc4c3CNCN4C)ccn12. The molecule has 1 aromatic carbocycles. The molecule has 0 saturated carbocycles. The van der Waals surface area contributed by atoms with Crippen LogP contribution in [0.5, 0.6) is 0 Å². The van der Waals surface area contributed by atoms with E-state index in [1.54, 1.807) is 7.11 Å². The predicted octanol–water partition coefficient (Wildman–Crippen LogP) is 3.35. The highest BCUT2D eigenvalue weighted by molar-refractivity contribution is 6.09. The van der Waals surface area contributed by atoms with Gasteiger partial charge in [-0.05, 0) is 30.2 Å². The summed E-state index contributed by atoms with van der Waals surface area (Å²) < 4.78 is 7.28. The number of carbonyl (C=O) groups excluding carboxylic acids is 1. The number of carbonyl (C=O) groups is 1. The summed E-state index contributed by atoms with van der Waals surface area (Å²) in [6.07, 6.45) is 1.88. The van der Waals surface area contributed by atoms with Crippen molar-refractivity contribution in [3.8, 4) is 0 Å². The molecule has 0 bridgehead atoms. The normalized spacial score (nSPS) is 13.8. The van der Waals surface area contributed by atoms with Crippen molar-refractivity contribution in [3.63, 3.8) is 0 Å². The second kappa shape index (κ2) is 7.85. The number of benzene rings is 1. The summed E-state index contributed by atoms with van der Waals surface area (Å²) in [5.74, 6) is 0.0927. The number of fused-ring (bicyclic) bond motifs is 2. The highest BCUT2D eigenvalue weighted by atomic mass is 16.5. The van der Waals surface area contributed by atoms with Crippen molar-refractivity contribution in [1.29, 1.82) is 0 Å². The van der Waals surface area contributed by atoms with Crippen LogP contribution in [0, 0.1) is 0 Å². The third-order valence-corrected chi connectivity index (χ3v) is 5.31. The van der Waals surface area contributed by atoms with Crippen molar-refractivity contribution >= 4 is 22.9 Å². The maximum atomic E-state index is 13.2. The van der Waals surface area contributed by atoms with Crippen LogP contribution in [0.2, 0.25) is 0 Å². The zero-order valence-corrected chi connectivity index (χ0v) is 17.3. The second-order valence-electron chi connectivity index (χ2n) is 7.72. The number of aromatic nitrogens is 2. The van der Waals surface area contributed by atoms with Gasteiger partial charge in [0.1, 0.15) is 5.65 Å². The molecule has 1 amide bonds. The first kappa shape index (κ1) is 19.4. The van der Waals surface area contributed by atoms with Crippen molar-refractivity contribution in [2.24, 2.45) is 0 Å². The van der Waals surface area contributed by atoms with Gasteiger partial charge >= 0.3 is 0 Å². The van der Waals surface area contributed by atoms with E-state index in [0.717, 1.165) is 41.5 Å². The maximum absolute atomic E-state index is 13.2. The van der Waals surface area contributed by atoms with E-state index in [9.17, 15) is 4.79 Å². The van der Waals surface area contributed by atoms with Crippen molar-refractivity contribution in [1.82, 2.24) is 14.7 Å². The molecule has 29 heavy (non-hydrogen) atoms. The van der Waals surface area contributed by atoms with E-state index in [4.69, 9.17) is 9.72 Å². The molecule has 1 aliphatic heterocycles. The molecule has 2 N–H and O–H groups in total. The van der Waals surface area contributed by atoms with Crippen LogP contribution < -0.4 is 15.5 Å². The summed E-state index contributed by atoms with van der Waals surface area (Å²) in [5, 5.41) is 6.45. The zero-order valence-electron chi connectivity index (χ0n) is 17.3. The lowest BCUT2D eigenvalue weighted by Crippen LogP contribution is -2.36. The number of nitrogens with one attached hydrogen (secondary N) is 2. The summed E-state index contributed by atoms with van der Waals surface area (Å²) in [4.78, 5) is 20.1. The molecule has 1 aliphatic rings. The summed E-state index contributed by atoms with van der Waals surface area (Å²) in [6, 6.07) is 9.85. The molecule has 2 aromatic heterocycles. The molecule has 7 heteroatoms. The van der Waals surface area contributed by atoms with E-state index in [1.807, 2.05) is 41.9 Å². The van der Waals surface area contributed by atoms with Crippen molar-refractivity contribution < 1.29 is 9.53 Å². The molecule has 0 fully saturated rings. The molecule has 0 aliphatic carbocycles. The van der Waals surface area contributed by atoms with Crippen LogP contribution in [0.25, 0.3) is 5.65 Å². The fourth-order valence-electron chi connectivity index (χ4n) is 3.76. The Balaban J connectivity index is 1.72. The largest absolute Gasteiger partial charge is 0.378 e. The van der Waals surface area contributed by atoms with Gasteiger partial charge in [0.25, 0.3) is 5.91 Å². The van der Waals surface area contributed by atoms with E-state index in [2.05, 4.69) is 35.4 Å². The van der Waals surface area contributed by atoms with Crippen molar-refractivity contribution in [2.45, 2.75) is 32.9 Å². The smallest absolute Gasteiger partial charge is 0.259 e. The molecule has 7 nitrogen and oxygen atoms in total. The maximum Gasteiger partial charge on any atom is 0.259 e. The Morgan fingerprint density at radius 1 is 1.34 bits per heavy atom. The van der Waals surface area contributed by atoms with Crippen LogP contribution in [0.1, 0.15) is 47.1 Å². The van der Waals surface area contributed by atoms with Gasteiger partial charge in [-0.3, -0.25) is 10.1 Å². The predicted molar refractivity (Wildman–Crippen MR) is 114 cm³/mol. The molecule has 3 heterocycles. The minimum atomic E-state index is -0.161. The highest BCUT2D eigenvalue weighted by Crippen LogP contribution is 2.30. The second-order valence-corrected chi connectivity index (χ2v) is 7.72.